The van der Waals surface area contributed by atoms with Crippen molar-refractivity contribution in [2.45, 2.75) is 45.6 Å². The predicted molar refractivity (Wildman–Crippen MR) is 64.8 cm³/mol. The molecule has 2 unspecified atom stereocenters. The maximum atomic E-state index is 11.5. The molecule has 0 bridgehead atoms. The Morgan fingerprint density at radius 3 is 2.53 bits per heavy atom. The fraction of sp³-hybridized carbons (Fsp3) is 0.833. The molecule has 0 heterocycles. The zero-order chi connectivity index (χ0) is 12.8. The van der Waals surface area contributed by atoms with Crippen LogP contribution in [-0.2, 0) is 4.79 Å². The molecular formula is C12H22N2O3. The molecule has 17 heavy (non-hydrogen) atoms. The van der Waals surface area contributed by atoms with Gasteiger partial charge in [0.2, 0.25) is 0 Å². The number of hydrogen-bond acceptors (Lipinski definition) is 2. The Kier molecular flexibility index (Phi) is 5.25. The monoisotopic (exact) mass is 242 g/mol. The third-order valence-electron chi connectivity index (χ3n) is 3.28. The highest BCUT2D eigenvalue weighted by molar-refractivity contribution is 5.74. The minimum absolute atomic E-state index is 0.00878. The second-order valence-corrected chi connectivity index (χ2v) is 4.85. The zero-order valence-electron chi connectivity index (χ0n) is 10.5. The highest BCUT2D eigenvalue weighted by Crippen LogP contribution is 2.32. The molecule has 5 nitrogen and oxygen atoms in total. The molecule has 1 fully saturated rings. The van der Waals surface area contributed by atoms with Crippen LogP contribution in [0.3, 0.4) is 0 Å². The molecular weight excluding hydrogens is 220 g/mol. The third kappa shape index (κ3) is 5.56. The molecule has 0 aromatic heterocycles. The number of carboxylic acid groups (broad SMARTS) is 1. The molecule has 2 amide bonds. The Morgan fingerprint density at radius 2 is 2.06 bits per heavy atom. The first-order chi connectivity index (χ1) is 8.02. The van der Waals surface area contributed by atoms with E-state index in [0.29, 0.717) is 12.5 Å². The van der Waals surface area contributed by atoms with Crippen LogP contribution in [0.25, 0.3) is 0 Å². The number of rotatable bonds is 7. The Hall–Kier alpha value is -1.26. The number of aliphatic carboxylic acids is 1. The molecule has 98 valence electrons. The largest absolute Gasteiger partial charge is 0.481 e. The summed E-state index contributed by atoms with van der Waals surface area (Å²) in [6, 6.07) is 0.0304. The highest BCUT2D eigenvalue weighted by Gasteiger charge is 2.28. The summed E-state index contributed by atoms with van der Waals surface area (Å²) in [6.45, 7) is 4.36. The lowest BCUT2D eigenvalue weighted by Crippen LogP contribution is -2.43. The smallest absolute Gasteiger partial charge is 0.315 e. The number of hydrogen-bond donors (Lipinski definition) is 3. The first-order valence-electron chi connectivity index (χ1n) is 6.29. The topological polar surface area (TPSA) is 78.4 Å². The molecule has 1 aliphatic rings. The summed E-state index contributed by atoms with van der Waals surface area (Å²) in [6.07, 6.45) is 3.25. The van der Waals surface area contributed by atoms with Gasteiger partial charge >= 0.3 is 12.0 Å². The number of carboxylic acids is 1. The van der Waals surface area contributed by atoms with Crippen molar-refractivity contribution in [2.75, 3.05) is 6.54 Å². The van der Waals surface area contributed by atoms with Gasteiger partial charge in [-0.25, -0.2) is 4.79 Å². The summed E-state index contributed by atoms with van der Waals surface area (Å²) in [5, 5.41) is 14.3. The van der Waals surface area contributed by atoms with Crippen molar-refractivity contribution in [1.82, 2.24) is 10.6 Å². The minimum atomic E-state index is -0.814. The number of carbonyl (C=O) groups is 2. The average Bonchev–Trinajstić information content (AvgIpc) is 3.07. The second kappa shape index (κ2) is 6.47. The summed E-state index contributed by atoms with van der Waals surface area (Å²) in [5.41, 5.74) is 0. The van der Waals surface area contributed by atoms with E-state index in [4.69, 9.17) is 5.11 Å². The van der Waals surface area contributed by atoms with Crippen molar-refractivity contribution in [2.24, 2.45) is 11.8 Å². The molecule has 1 aliphatic carbocycles. The van der Waals surface area contributed by atoms with Crippen molar-refractivity contribution < 1.29 is 14.7 Å². The molecule has 1 rings (SSSR count). The summed E-state index contributed by atoms with van der Waals surface area (Å²) in [7, 11) is 0. The van der Waals surface area contributed by atoms with Gasteiger partial charge in [-0.3, -0.25) is 4.79 Å². The lowest BCUT2D eigenvalue weighted by atomic mass is 10.0. The van der Waals surface area contributed by atoms with Crippen LogP contribution in [0.2, 0.25) is 0 Å². The van der Waals surface area contributed by atoms with Crippen LogP contribution >= 0.6 is 0 Å². The molecule has 0 spiro atoms. The van der Waals surface area contributed by atoms with E-state index in [1.807, 2.05) is 13.8 Å². The van der Waals surface area contributed by atoms with Gasteiger partial charge in [-0.05, 0) is 31.6 Å². The van der Waals surface area contributed by atoms with Gasteiger partial charge in [-0.2, -0.15) is 0 Å². The van der Waals surface area contributed by atoms with Crippen molar-refractivity contribution in [3.63, 3.8) is 0 Å². The van der Waals surface area contributed by atoms with Gasteiger partial charge in [-0.15, -0.1) is 0 Å². The fourth-order valence-corrected chi connectivity index (χ4v) is 1.82. The molecule has 0 aromatic rings. The number of nitrogens with one attached hydrogen (secondary N) is 2. The second-order valence-electron chi connectivity index (χ2n) is 4.85. The minimum Gasteiger partial charge on any atom is -0.481 e. The number of amides is 2. The molecule has 3 N–H and O–H groups in total. The van der Waals surface area contributed by atoms with E-state index in [2.05, 4.69) is 10.6 Å². The van der Waals surface area contributed by atoms with Crippen molar-refractivity contribution in [1.29, 1.82) is 0 Å². The van der Waals surface area contributed by atoms with Crippen LogP contribution in [0.4, 0.5) is 4.79 Å². The van der Waals surface area contributed by atoms with Gasteiger partial charge in [0.1, 0.15) is 0 Å². The Bertz CT molecular complexity index is 277. The van der Waals surface area contributed by atoms with Crippen LogP contribution in [-0.4, -0.2) is 29.7 Å². The van der Waals surface area contributed by atoms with Gasteiger partial charge in [0.05, 0.1) is 0 Å². The normalized spacial score (nSPS) is 18.2. The summed E-state index contributed by atoms with van der Waals surface area (Å²) < 4.78 is 0. The number of urea groups is 1. The molecule has 0 aromatic carbocycles. The zero-order valence-corrected chi connectivity index (χ0v) is 10.5. The van der Waals surface area contributed by atoms with E-state index in [1.165, 1.54) is 12.8 Å². The van der Waals surface area contributed by atoms with E-state index < -0.39 is 5.97 Å². The van der Waals surface area contributed by atoms with E-state index >= 15 is 0 Å². The summed E-state index contributed by atoms with van der Waals surface area (Å²) >= 11 is 0. The van der Waals surface area contributed by atoms with Crippen LogP contribution < -0.4 is 10.6 Å². The Morgan fingerprint density at radius 1 is 1.41 bits per heavy atom. The predicted octanol–water partition coefficient (Wildman–Crippen LogP) is 1.58. The Labute approximate surface area is 102 Å². The standard InChI is InChI=1S/C12H22N2O3/c1-3-9(6-11(15)16)7-13-12(17)14-8(2)10-4-5-10/h8-10H,3-7H2,1-2H3,(H,15,16)(H2,13,14,17). The molecule has 0 radical (unpaired) electrons. The van der Waals surface area contributed by atoms with E-state index in [9.17, 15) is 9.59 Å². The van der Waals surface area contributed by atoms with Gasteiger partial charge in [0, 0.05) is 19.0 Å². The van der Waals surface area contributed by atoms with Crippen LogP contribution in [0.5, 0.6) is 0 Å². The lowest BCUT2D eigenvalue weighted by molar-refractivity contribution is -0.138. The number of carbonyl (C=O) groups excluding carboxylic acids is 1. The lowest BCUT2D eigenvalue weighted by Gasteiger charge is -2.16. The molecule has 0 saturated heterocycles. The average molecular weight is 242 g/mol. The van der Waals surface area contributed by atoms with Crippen molar-refractivity contribution >= 4 is 12.0 Å². The molecule has 0 aliphatic heterocycles. The van der Waals surface area contributed by atoms with Crippen molar-refractivity contribution in [3.8, 4) is 0 Å². The van der Waals surface area contributed by atoms with E-state index in [1.54, 1.807) is 0 Å². The summed E-state index contributed by atoms with van der Waals surface area (Å²) in [5.74, 6) is -0.179. The maximum absolute atomic E-state index is 11.5. The first-order valence-corrected chi connectivity index (χ1v) is 6.29. The van der Waals surface area contributed by atoms with Crippen molar-refractivity contribution in [3.05, 3.63) is 0 Å². The van der Waals surface area contributed by atoms with Gasteiger partial charge < -0.3 is 15.7 Å². The van der Waals surface area contributed by atoms with Gasteiger partial charge in [0.15, 0.2) is 0 Å². The summed E-state index contributed by atoms with van der Waals surface area (Å²) in [4.78, 5) is 22.1. The molecule has 5 heteroatoms. The van der Waals surface area contributed by atoms with Crippen LogP contribution in [0, 0.1) is 11.8 Å². The van der Waals surface area contributed by atoms with Gasteiger partial charge in [0.25, 0.3) is 0 Å². The highest BCUT2D eigenvalue weighted by atomic mass is 16.4. The molecule has 1 saturated carbocycles. The van der Waals surface area contributed by atoms with E-state index in [-0.39, 0.29) is 24.4 Å². The quantitative estimate of drug-likeness (QED) is 0.634. The van der Waals surface area contributed by atoms with Crippen LogP contribution in [0.1, 0.15) is 39.5 Å². The van der Waals surface area contributed by atoms with Gasteiger partial charge in [-0.1, -0.05) is 13.3 Å². The molecule has 2 atom stereocenters. The third-order valence-corrected chi connectivity index (χ3v) is 3.28. The fourth-order valence-electron chi connectivity index (χ4n) is 1.82. The SMILES string of the molecule is CCC(CNC(=O)NC(C)C1CC1)CC(=O)O. The van der Waals surface area contributed by atoms with E-state index in [0.717, 1.165) is 6.42 Å². The first kappa shape index (κ1) is 13.8. The maximum Gasteiger partial charge on any atom is 0.315 e. The Balaban J connectivity index is 2.18. The van der Waals surface area contributed by atoms with Crippen LogP contribution in [0.15, 0.2) is 0 Å².